The number of quaternary nitrogens is 1. The maximum atomic E-state index is 5.52. The number of rotatable bonds is 3. The third kappa shape index (κ3) is 3.26. The van der Waals surface area contributed by atoms with Gasteiger partial charge in [0.2, 0.25) is 0 Å². The number of nitrogens with one attached hydrogen (secondary N) is 2. The van der Waals surface area contributed by atoms with Gasteiger partial charge in [0.05, 0.1) is 5.69 Å². The van der Waals surface area contributed by atoms with Gasteiger partial charge in [0.15, 0.2) is 18.4 Å². The first kappa shape index (κ1) is 14.9. The standard InChI is InChI=1S/C17H20N4S/c1-13-5-6-14(2)16(8-13)21-12-20(11-19-17(21)22)10-15-4-3-7-18-9-15/h3-9H,10-12H2,1-2H3,(H,19,22)/p+1. The van der Waals surface area contributed by atoms with E-state index in [1.54, 1.807) is 0 Å². The van der Waals surface area contributed by atoms with Crippen molar-refractivity contribution < 1.29 is 4.90 Å². The number of hydrogen-bond donors (Lipinski definition) is 2. The lowest BCUT2D eigenvalue weighted by atomic mass is 10.1. The molecule has 0 amide bonds. The predicted octanol–water partition coefficient (Wildman–Crippen LogP) is 1.39. The summed E-state index contributed by atoms with van der Waals surface area (Å²) in [5, 5.41) is 4.16. The van der Waals surface area contributed by atoms with Crippen LogP contribution in [-0.2, 0) is 6.54 Å². The Bertz CT molecular complexity index is 672. The van der Waals surface area contributed by atoms with E-state index in [4.69, 9.17) is 12.2 Å². The first-order valence-electron chi connectivity index (χ1n) is 7.48. The van der Waals surface area contributed by atoms with E-state index < -0.39 is 0 Å². The van der Waals surface area contributed by atoms with Gasteiger partial charge in [-0.05, 0) is 49.3 Å². The van der Waals surface area contributed by atoms with Gasteiger partial charge in [-0.1, -0.05) is 18.2 Å². The first-order chi connectivity index (χ1) is 10.6. The van der Waals surface area contributed by atoms with Crippen LogP contribution in [-0.4, -0.2) is 23.4 Å². The van der Waals surface area contributed by atoms with Gasteiger partial charge in [-0.15, -0.1) is 0 Å². The number of aryl methyl sites for hydroxylation is 2. The van der Waals surface area contributed by atoms with Crippen molar-refractivity contribution in [3.63, 3.8) is 0 Å². The Morgan fingerprint density at radius 3 is 2.95 bits per heavy atom. The second-order valence-corrected chi connectivity index (χ2v) is 6.21. The van der Waals surface area contributed by atoms with Gasteiger partial charge in [0, 0.05) is 18.0 Å². The summed E-state index contributed by atoms with van der Waals surface area (Å²) in [6.07, 6.45) is 3.74. The quantitative estimate of drug-likeness (QED) is 0.839. The summed E-state index contributed by atoms with van der Waals surface area (Å²) in [6, 6.07) is 10.6. The molecule has 0 spiro atoms. The zero-order valence-electron chi connectivity index (χ0n) is 13.0. The smallest absolute Gasteiger partial charge is 0.182 e. The lowest BCUT2D eigenvalue weighted by Gasteiger charge is -2.36. The molecule has 0 aliphatic carbocycles. The van der Waals surface area contributed by atoms with Gasteiger partial charge in [-0.2, -0.15) is 0 Å². The summed E-state index contributed by atoms with van der Waals surface area (Å²) >= 11 is 5.52. The van der Waals surface area contributed by atoms with Gasteiger partial charge >= 0.3 is 0 Å². The molecule has 22 heavy (non-hydrogen) atoms. The lowest BCUT2D eigenvalue weighted by Crippen LogP contribution is -3.16. The maximum Gasteiger partial charge on any atom is 0.182 e. The van der Waals surface area contributed by atoms with Gasteiger partial charge in [-0.25, -0.2) is 0 Å². The van der Waals surface area contributed by atoms with E-state index in [1.807, 2.05) is 18.5 Å². The minimum atomic E-state index is 0.809. The fraction of sp³-hybridized carbons (Fsp3) is 0.294. The number of thiocarbonyl (C=S) groups is 1. The van der Waals surface area contributed by atoms with Crippen molar-refractivity contribution in [3.05, 3.63) is 59.4 Å². The SMILES string of the molecule is Cc1ccc(C)c(N2C[NH+](Cc3cccnc3)CNC2=S)c1. The largest absolute Gasteiger partial charge is 0.315 e. The molecule has 2 N–H and O–H groups in total. The van der Waals surface area contributed by atoms with Gasteiger partial charge in [0.1, 0.15) is 6.54 Å². The third-order valence-corrected chi connectivity index (χ3v) is 4.31. The number of hydrogen-bond acceptors (Lipinski definition) is 2. The van der Waals surface area contributed by atoms with E-state index in [2.05, 4.69) is 53.3 Å². The predicted molar refractivity (Wildman–Crippen MR) is 92.8 cm³/mol. The highest BCUT2D eigenvalue weighted by atomic mass is 32.1. The Hall–Kier alpha value is -1.98. The summed E-state index contributed by atoms with van der Waals surface area (Å²) in [4.78, 5) is 7.82. The van der Waals surface area contributed by atoms with E-state index in [-0.39, 0.29) is 0 Å². The van der Waals surface area contributed by atoms with Crippen molar-refractivity contribution in [1.29, 1.82) is 0 Å². The second-order valence-electron chi connectivity index (χ2n) is 5.82. The topological polar surface area (TPSA) is 32.6 Å². The van der Waals surface area contributed by atoms with E-state index in [0.717, 1.165) is 25.0 Å². The van der Waals surface area contributed by atoms with E-state index in [0.29, 0.717) is 0 Å². The molecule has 2 heterocycles. The summed E-state index contributed by atoms with van der Waals surface area (Å²) in [7, 11) is 0. The Morgan fingerprint density at radius 2 is 2.18 bits per heavy atom. The van der Waals surface area contributed by atoms with Gasteiger partial charge in [0.25, 0.3) is 0 Å². The molecule has 114 valence electrons. The molecule has 1 saturated heterocycles. The minimum absolute atomic E-state index is 0.809. The summed E-state index contributed by atoms with van der Waals surface area (Å²) in [5.41, 5.74) is 4.94. The fourth-order valence-corrected chi connectivity index (χ4v) is 3.00. The first-order valence-corrected chi connectivity index (χ1v) is 7.89. The Kier molecular flexibility index (Phi) is 4.36. The monoisotopic (exact) mass is 313 g/mol. The van der Waals surface area contributed by atoms with Crippen molar-refractivity contribution in [2.75, 3.05) is 18.2 Å². The third-order valence-electron chi connectivity index (χ3n) is 3.95. The van der Waals surface area contributed by atoms with E-state index >= 15 is 0 Å². The summed E-state index contributed by atoms with van der Waals surface area (Å²) < 4.78 is 0. The number of pyridine rings is 1. The molecule has 5 heteroatoms. The van der Waals surface area contributed by atoms with Crippen LogP contribution in [0.5, 0.6) is 0 Å². The number of nitrogens with zero attached hydrogens (tertiary/aromatic N) is 2. The molecule has 1 aromatic heterocycles. The van der Waals surface area contributed by atoms with Crippen LogP contribution < -0.4 is 15.1 Å². The van der Waals surface area contributed by atoms with Crippen LogP contribution >= 0.6 is 12.2 Å². The van der Waals surface area contributed by atoms with Gasteiger partial charge in [-0.3, -0.25) is 14.8 Å². The van der Waals surface area contributed by atoms with Crippen molar-refractivity contribution in [3.8, 4) is 0 Å². The highest BCUT2D eigenvalue weighted by molar-refractivity contribution is 7.80. The number of aromatic nitrogens is 1. The maximum absolute atomic E-state index is 5.52. The molecular weight excluding hydrogens is 292 g/mol. The zero-order chi connectivity index (χ0) is 15.5. The molecule has 1 unspecified atom stereocenters. The van der Waals surface area contributed by atoms with Crippen molar-refractivity contribution in [1.82, 2.24) is 10.3 Å². The zero-order valence-corrected chi connectivity index (χ0v) is 13.8. The highest BCUT2D eigenvalue weighted by Crippen LogP contribution is 2.21. The van der Waals surface area contributed by atoms with Crippen LogP contribution in [0.4, 0.5) is 5.69 Å². The summed E-state index contributed by atoms with van der Waals surface area (Å²) in [6.45, 7) is 6.89. The Morgan fingerprint density at radius 1 is 1.32 bits per heavy atom. The molecule has 0 saturated carbocycles. The molecule has 1 atom stereocenters. The molecule has 4 nitrogen and oxygen atoms in total. The van der Waals surface area contributed by atoms with Crippen LogP contribution in [0, 0.1) is 13.8 Å². The number of anilines is 1. The molecule has 3 rings (SSSR count). The molecule has 1 aliphatic heterocycles. The normalized spacial score (nSPS) is 18.2. The Labute approximate surface area is 136 Å². The molecule has 0 radical (unpaired) electrons. The van der Waals surface area contributed by atoms with Crippen LogP contribution in [0.15, 0.2) is 42.7 Å². The lowest BCUT2D eigenvalue weighted by molar-refractivity contribution is -0.916. The molecule has 1 fully saturated rings. The average Bonchev–Trinajstić information content (AvgIpc) is 2.53. The molecular formula is C17H21N4S+. The average molecular weight is 313 g/mol. The minimum Gasteiger partial charge on any atom is -0.315 e. The molecule has 0 bridgehead atoms. The van der Waals surface area contributed by atoms with Crippen molar-refractivity contribution in [2.24, 2.45) is 0 Å². The van der Waals surface area contributed by atoms with Crippen LogP contribution in [0.25, 0.3) is 0 Å². The van der Waals surface area contributed by atoms with E-state index in [9.17, 15) is 0 Å². The second kappa shape index (κ2) is 6.42. The van der Waals surface area contributed by atoms with Crippen LogP contribution in [0.3, 0.4) is 0 Å². The Balaban J connectivity index is 1.79. The van der Waals surface area contributed by atoms with Crippen LogP contribution in [0.1, 0.15) is 16.7 Å². The molecule has 2 aromatic rings. The molecule has 1 aliphatic rings. The number of benzene rings is 1. The van der Waals surface area contributed by atoms with Gasteiger partial charge < -0.3 is 5.32 Å². The van der Waals surface area contributed by atoms with Crippen molar-refractivity contribution >= 4 is 23.0 Å². The fourth-order valence-electron chi connectivity index (χ4n) is 2.76. The molecule has 1 aromatic carbocycles. The summed E-state index contributed by atoms with van der Waals surface area (Å²) in [5.74, 6) is 0. The highest BCUT2D eigenvalue weighted by Gasteiger charge is 2.25. The van der Waals surface area contributed by atoms with E-state index in [1.165, 1.54) is 27.3 Å². The van der Waals surface area contributed by atoms with Crippen LogP contribution in [0.2, 0.25) is 0 Å². The van der Waals surface area contributed by atoms with Crippen molar-refractivity contribution in [2.45, 2.75) is 20.4 Å².